The summed E-state index contributed by atoms with van der Waals surface area (Å²) in [6.07, 6.45) is 0. The zero-order valence-corrected chi connectivity index (χ0v) is 14.8. The van der Waals surface area contributed by atoms with Crippen LogP contribution in [0.15, 0.2) is 97.1 Å². The normalized spacial score (nSPS) is 11.1. The zero-order valence-electron chi connectivity index (χ0n) is 14.8. The number of aromatic nitrogens is 1. The lowest BCUT2D eigenvalue weighted by atomic mass is 10.2. The highest BCUT2D eigenvalue weighted by Gasteiger charge is 2.14. The van der Waals surface area contributed by atoms with Gasteiger partial charge >= 0.3 is 0 Å². The van der Waals surface area contributed by atoms with Crippen molar-refractivity contribution in [2.24, 2.45) is 0 Å². The van der Waals surface area contributed by atoms with E-state index in [1.165, 1.54) is 21.8 Å². The number of hydrogen-bond donors (Lipinski definition) is 2. The molecule has 1 heterocycles. The predicted molar refractivity (Wildman–Crippen MR) is 115 cm³/mol. The van der Waals surface area contributed by atoms with Gasteiger partial charge in [0.05, 0.1) is 33.8 Å². The van der Waals surface area contributed by atoms with Crippen molar-refractivity contribution >= 4 is 38.9 Å². The lowest BCUT2D eigenvalue weighted by Gasteiger charge is -2.16. The number of nitrogens with two attached hydrogens (primary N) is 1. The van der Waals surface area contributed by atoms with Crippen LogP contribution in [0.3, 0.4) is 0 Å². The van der Waals surface area contributed by atoms with E-state index in [0.29, 0.717) is 0 Å². The first-order valence-corrected chi connectivity index (χ1v) is 9.02. The van der Waals surface area contributed by atoms with E-state index in [1.54, 1.807) is 0 Å². The molecular weight excluding hydrogens is 330 g/mol. The fourth-order valence-electron chi connectivity index (χ4n) is 3.71. The number of nitrogen functional groups attached to an aromatic ring is 1. The van der Waals surface area contributed by atoms with Gasteiger partial charge in [-0.1, -0.05) is 60.7 Å². The first-order valence-electron chi connectivity index (χ1n) is 9.02. The van der Waals surface area contributed by atoms with Crippen molar-refractivity contribution < 1.29 is 0 Å². The highest BCUT2D eigenvalue weighted by atomic mass is 15.0. The van der Waals surface area contributed by atoms with E-state index in [2.05, 4.69) is 76.6 Å². The van der Waals surface area contributed by atoms with Gasteiger partial charge in [-0.05, 0) is 36.4 Å². The molecule has 3 heteroatoms. The number of anilines is 3. The Balaban J connectivity index is 1.78. The van der Waals surface area contributed by atoms with Gasteiger partial charge in [0, 0.05) is 10.8 Å². The lowest BCUT2D eigenvalue weighted by molar-refractivity contribution is 1.18. The molecule has 0 bridgehead atoms. The van der Waals surface area contributed by atoms with Crippen molar-refractivity contribution in [3.63, 3.8) is 0 Å². The molecule has 5 rings (SSSR count). The highest BCUT2D eigenvalue weighted by molar-refractivity contribution is 6.09. The minimum absolute atomic E-state index is 0.731. The Morgan fingerprint density at radius 2 is 1.07 bits per heavy atom. The second-order valence-electron chi connectivity index (χ2n) is 6.60. The molecule has 0 aliphatic carbocycles. The van der Waals surface area contributed by atoms with Crippen molar-refractivity contribution in [2.75, 3.05) is 11.1 Å². The van der Waals surface area contributed by atoms with Gasteiger partial charge in [-0.2, -0.15) is 0 Å². The lowest BCUT2D eigenvalue weighted by Crippen LogP contribution is -2.02. The minimum Gasteiger partial charge on any atom is -0.397 e. The van der Waals surface area contributed by atoms with Gasteiger partial charge in [0.25, 0.3) is 0 Å². The molecule has 27 heavy (non-hydrogen) atoms. The Kier molecular flexibility index (Phi) is 3.58. The van der Waals surface area contributed by atoms with E-state index < -0.39 is 0 Å². The van der Waals surface area contributed by atoms with Crippen LogP contribution < -0.4 is 11.1 Å². The Hall–Kier alpha value is -3.72. The Labute approximate surface area is 157 Å². The Bertz CT molecular complexity index is 1210. The van der Waals surface area contributed by atoms with Crippen molar-refractivity contribution in [3.05, 3.63) is 97.1 Å². The molecule has 0 aliphatic heterocycles. The number of nitrogens with zero attached hydrogens (tertiary/aromatic N) is 1. The standard InChI is InChI=1S/C24H19N3/c25-19-11-3-4-12-20(19)26-21-13-5-8-16-24(21)27-22-14-6-1-9-17(22)18-10-2-7-15-23(18)27/h1-16,26H,25H2. The van der Waals surface area contributed by atoms with Crippen LogP contribution >= 0.6 is 0 Å². The average molecular weight is 349 g/mol. The summed E-state index contributed by atoms with van der Waals surface area (Å²) in [6.45, 7) is 0. The zero-order chi connectivity index (χ0) is 18.2. The summed E-state index contributed by atoms with van der Waals surface area (Å²) < 4.78 is 2.31. The highest BCUT2D eigenvalue weighted by Crippen LogP contribution is 2.35. The second-order valence-corrected chi connectivity index (χ2v) is 6.60. The SMILES string of the molecule is Nc1ccccc1Nc1ccccc1-n1c2ccccc2c2ccccc21. The summed E-state index contributed by atoms with van der Waals surface area (Å²) in [5, 5.41) is 6.02. The first kappa shape index (κ1) is 15.5. The summed E-state index contributed by atoms with van der Waals surface area (Å²) >= 11 is 0. The Morgan fingerprint density at radius 3 is 1.74 bits per heavy atom. The first-order chi connectivity index (χ1) is 13.3. The van der Waals surface area contributed by atoms with Gasteiger partial charge in [-0.3, -0.25) is 0 Å². The number of fused-ring (bicyclic) bond motifs is 3. The van der Waals surface area contributed by atoms with Crippen LogP contribution in [0.5, 0.6) is 0 Å². The van der Waals surface area contributed by atoms with Crippen LogP contribution in [-0.4, -0.2) is 4.57 Å². The summed E-state index contributed by atoms with van der Waals surface area (Å²) in [6, 6.07) is 33.2. The summed E-state index contributed by atoms with van der Waals surface area (Å²) in [5.74, 6) is 0. The van der Waals surface area contributed by atoms with E-state index in [-0.39, 0.29) is 0 Å². The predicted octanol–water partition coefficient (Wildman–Crippen LogP) is 6.11. The third kappa shape index (κ3) is 2.52. The van der Waals surface area contributed by atoms with E-state index in [9.17, 15) is 0 Å². The fraction of sp³-hybridized carbons (Fsp3) is 0. The molecule has 0 saturated carbocycles. The maximum atomic E-state index is 6.15. The third-order valence-corrected chi connectivity index (χ3v) is 4.96. The number of benzene rings is 4. The molecule has 0 fully saturated rings. The molecule has 130 valence electrons. The van der Waals surface area contributed by atoms with Crippen LogP contribution in [0.1, 0.15) is 0 Å². The van der Waals surface area contributed by atoms with Crippen molar-refractivity contribution in [1.29, 1.82) is 0 Å². The van der Waals surface area contributed by atoms with Gasteiger partial charge in [-0.15, -0.1) is 0 Å². The molecule has 1 aromatic heterocycles. The monoisotopic (exact) mass is 349 g/mol. The smallest absolute Gasteiger partial charge is 0.0697 e. The summed E-state index contributed by atoms with van der Waals surface area (Å²) in [5.41, 5.74) is 12.3. The van der Waals surface area contributed by atoms with Gasteiger partial charge in [0.2, 0.25) is 0 Å². The fourth-order valence-corrected chi connectivity index (χ4v) is 3.71. The molecule has 3 N–H and O–H groups in total. The van der Waals surface area contributed by atoms with E-state index in [4.69, 9.17) is 5.73 Å². The third-order valence-electron chi connectivity index (χ3n) is 4.96. The van der Waals surface area contributed by atoms with Crippen molar-refractivity contribution in [2.45, 2.75) is 0 Å². The summed E-state index contributed by atoms with van der Waals surface area (Å²) in [7, 11) is 0. The molecule has 4 aromatic carbocycles. The minimum atomic E-state index is 0.731. The maximum absolute atomic E-state index is 6.15. The van der Waals surface area contributed by atoms with E-state index in [1.807, 2.05) is 30.3 Å². The van der Waals surface area contributed by atoms with Crippen molar-refractivity contribution in [1.82, 2.24) is 4.57 Å². The van der Waals surface area contributed by atoms with Gasteiger partial charge in [-0.25, -0.2) is 0 Å². The molecule has 0 radical (unpaired) electrons. The van der Waals surface area contributed by atoms with Crippen LogP contribution in [0, 0.1) is 0 Å². The summed E-state index contributed by atoms with van der Waals surface area (Å²) in [4.78, 5) is 0. The molecule has 0 unspecified atom stereocenters. The number of nitrogens with one attached hydrogen (secondary N) is 1. The van der Waals surface area contributed by atoms with Gasteiger partial charge in [0.15, 0.2) is 0 Å². The van der Waals surface area contributed by atoms with Gasteiger partial charge in [0.1, 0.15) is 0 Å². The molecular formula is C24H19N3. The number of hydrogen-bond acceptors (Lipinski definition) is 2. The van der Waals surface area contributed by atoms with Crippen LogP contribution in [0.2, 0.25) is 0 Å². The van der Waals surface area contributed by atoms with E-state index in [0.717, 1.165) is 22.7 Å². The molecule has 0 atom stereocenters. The number of para-hydroxylation sites is 6. The maximum Gasteiger partial charge on any atom is 0.0697 e. The second kappa shape index (κ2) is 6.22. The molecule has 0 saturated heterocycles. The quantitative estimate of drug-likeness (QED) is 0.386. The molecule has 0 spiro atoms. The van der Waals surface area contributed by atoms with Crippen LogP contribution in [0.4, 0.5) is 17.1 Å². The van der Waals surface area contributed by atoms with Crippen LogP contribution in [0.25, 0.3) is 27.5 Å². The van der Waals surface area contributed by atoms with Crippen molar-refractivity contribution in [3.8, 4) is 5.69 Å². The molecule has 0 aliphatic rings. The van der Waals surface area contributed by atoms with E-state index >= 15 is 0 Å². The number of rotatable bonds is 3. The molecule has 0 amide bonds. The Morgan fingerprint density at radius 1 is 0.556 bits per heavy atom. The van der Waals surface area contributed by atoms with Gasteiger partial charge < -0.3 is 15.6 Å². The topological polar surface area (TPSA) is 43.0 Å². The molecule has 3 nitrogen and oxygen atoms in total. The molecule has 5 aromatic rings. The largest absolute Gasteiger partial charge is 0.397 e. The average Bonchev–Trinajstić information content (AvgIpc) is 3.05. The van der Waals surface area contributed by atoms with Crippen LogP contribution in [-0.2, 0) is 0 Å².